The highest BCUT2D eigenvalue weighted by Gasteiger charge is 2.28. The Labute approximate surface area is 124 Å². The predicted octanol–water partition coefficient (Wildman–Crippen LogP) is 3.29. The molecule has 0 unspecified atom stereocenters. The zero-order valence-corrected chi connectivity index (χ0v) is 11.8. The number of hydrogen-bond acceptors (Lipinski definition) is 3. The third-order valence-electron chi connectivity index (χ3n) is 3.13. The van der Waals surface area contributed by atoms with Crippen LogP contribution in [-0.4, -0.2) is 16.3 Å². The van der Waals surface area contributed by atoms with Crippen molar-refractivity contribution in [3.63, 3.8) is 0 Å². The van der Waals surface area contributed by atoms with Gasteiger partial charge in [-0.05, 0) is 13.3 Å². The molecular weight excluding hydrogens is 300 g/mol. The number of aromatic nitrogens is 2. The highest BCUT2D eigenvalue weighted by Crippen LogP contribution is 2.30. The summed E-state index contributed by atoms with van der Waals surface area (Å²) in [5.74, 6) is -6.07. The summed E-state index contributed by atoms with van der Waals surface area (Å²) < 4.78 is 56.7. The minimum Gasteiger partial charge on any atom is -0.369 e. The molecule has 1 N–H and O–H groups in total. The molecule has 1 aromatic heterocycles. The standard InChI is InChI=1S/C14H12F4N4/c1-3-8-9(15)11(17)13(12(18)10(8)16)22-14(20-4-2)7(5-19)6-21-22/h6,20H,3-4H2,1-2H3. The van der Waals surface area contributed by atoms with Gasteiger partial charge in [0.2, 0.25) is 0 Å². The van der Waals surface area contributed by atoms with Crippen LogP contribution in [0.4, 0.5) is 23.4 Å². The van der Waals surface area contributed by atoms with Gasteiger partial charge >= 0.3 is 0 Å². The van der Waals surface area contributed by atoms with Crippen LogP contribution in [0, 0.1) is 34.6 Å². The van der Waals surface area contributed by atoms with Gasteiger partial charge in [-0.2, -0.15) is 10.4 Å². The first kappa shape index (κ1) is 15.8. The third kappa shape index (κ3) is 2.28. The van der Waals surface area contributed by atoms with E-state index in [4.69, 9.17) is 5.26 Å². The van der Waals surface area contributed by atoms with Crippen molar-refractivity contribution in [1.82, 2.24) is 9.78 Å². The molecule has 0 saturated heterocycles. The summed E-state index contributed by atoms with van der Waals surface area (Å²) in [5.41, 5.74) is -1.66. The molecule has 0 aliphatic carbocycles. The fourth-order valence-electron chi connectivity index (χ4n) is 2.10. The summed E-state index contributed by atoms with van der Waals surface area (Å²) in [6, 6.07) is 1.78. The lowest BCUT2D eigenvalue weighted by atomic mass is 10.1. The molecule has 0 spiro atoms. The predicted molar refractivity (Wildman–Crippen MR) is 71.7 cm³/mol. The molecular formula is C14H12F4N4. The summed E-state index contributed by atoms with van der Waals surface area (Å²) in [6.07, 6.45) is 0.856. The first-order chi connectivity index (χ1) is 10.5. The summed E-state index contributed by atoms with van der Waals surface area (Å²) >= 11 is 0. The minimum absolute atomic E-state index is 0.000958. The van der Waals surface area contributed by atoms with E-state index in [0.29, 0.717) is 11.2 Å². The maximum absolute atomic E-state index is 14.2. The zero-order valence-electron chi connectivity index (χ0n) is 11.8. The van der Waals surface area contributed by atoms with Gasteiger partial charge in [0, 0.05) is 12.1 Å². The van der Waals surface area contributed by atoms with Crippen LogP contribution in [0.1, 0.15) is 25.0 Å². The Morgan fingerprint density at radius 1 is 1.14 bits per heavy atom. The molecule has 0 saturated carbocycles. The lowest BCUT2D eigenvalue weighted by Gasteiger charge is -2.13. The molecule has 8 heteroatoms. The molecule has 0 fully saturated rings. The molecule has 0 aliphatic heterocycles. The first-order valence-corrected chi connectivity index (χ1v) is 6.54. The van der Waals surface area contributed by atoms with Crippen molar-refractivity contribution in [3.8, 4) is 11.8 Å². The molecule has 0 bridgehead atoms. The Kier molecular flexibility index (Phi) is 4.35. The summed E-state index contributed by atoms with van der Waals surface area (Å²) in [5, 5.41) is 15.3. The second kappa shape index (κ2) is 6.05. The molecule has 0 atom stereocenters. The van der Waals surface area contributed by atoms with Crippen molar-refractivity contribution in [2.45, 2.75) is 20.3 Å². The monoisotopic (exact) mass is 312 g/mol. The third-order valence-corrected chi connectivity index (χ3v) is 3.13. The highest BCUT2D eigenvalue weighted by atomic mass is 19.2. The number of hydrogen-bond donors (Lipinski definition) is 1. The van der Waals surface area contributed by atoms with E-state index in [0.717, 1.165) is 6.20 Å². The number of nitriles is 1. The van der Waals surface area contributed by atoms with Crippen molar-refractivity contribution >= 4 is 5.82 Å². The van der Waals surface area contributed by atoms with E-state index >= 15 is 0 Å². The fraction of sp³-hybridized carbons (Fsp3) is 0.286. The van der Waals surface area contributed by atoms with Gasteiger partial charge in [-0.25, -0.2) is 22.2 Å². The van der Waals surface area contributed by atoms with Crippen molar-refractivity contribution in [2.75, 3.05) is 11.9 Å². The topological polar surface area (TPSA) is 53.6 Å². The number of rotatable bonds is 4. The number of benzene rings is 1. The van der Waals surface area contributed by atoms with E-state index in [9.17, 15) is 17.6 Å². The SMILES string of the molecule is CCNc1c(C#N)cnn1-c1c(F)c(F)c(CC)c(F)c1F. The van der Waals surface area contributed by atoms with E-state index in [1.807, 2.05) is 0 Å². The second-order valence-corrected chi connectivity index (χ2v) is 4.40. The summed E-state index contributed by atoms with van der Waals surface area (Å²) in [6.45, 7) is 3.39. The number of halogens is 4. The molecule has 0 amide bonds. The maximum atomic E-state index is 14.2. The summed E-state index contributed by atoms with van der Waals surface area (Å²) in [7, 11) is 0. The number of nitrogens with zero attached hydrogens (tertiary/aromatic N) is 3. The lowest BCUT2D eigenvalue weighted by Crippen LogP contribution is -2.14. The van der Waals surface area contributed by atoms with Crippen molar-refractivity contribution in [1.29, 1.82) is 5.26 Å². The van der Waals surface area contributed by atoms with E-state index in [1.165, 1.54) is 6.92 Å². The van der Waals surface area contributed by atoms with Crippen LogP contribution in [0.2, 0.25) is 0 Å². The average Bonchev–Trinajstić information content (AvgIpc) is 2.89. The average molecular weight is 312 g/mol. The fourth-order valence-corrected chi connectivity index (χ4v) is 2.10. The van der Waals surface area contributed by atoms with Gasteiger partial charge in [0.05, 0.1) is 6.20 Å². The molecule has 0 radical (unpaired) electrons. The Morgan fingerprint density at radius 2 is 1.73 bits per heavy atom. The van der Waals surface area contributed by atoms with Crippen molar-refractivity contribution < 1.29 is 17.6 Å². The van der Waals surface area contributed by atoms with Gasteiger partial charge in [0.25, 0.3) is 0 Å². The van der Waals surface area contributed by atoms with Crippen LogP contribution < -0.4 is 5.32 Å². The normalized spacial score (nSPS) is 10.6. The van der Waals surface area contributed by atoms with Crippen molar-refractivity contribution in [2.24, 2.45) is 0 Å². The Morgan fingerprint density at radius 3 is 2.18 bits per heavy atom. The summed E-state index contributed by atoms with van der Waals surface area (Å²) in [4.78, 5) is 0. The molecule has 1 heterocycles. The Bertz CT molecular complexity index is 732. The lowest BCUT2D eigenvalue weighted by molar-refractivity contribution is 0.432. The maximum Gasteiger partial charge on any atom is 0.188 e. The smallest absolute Gasteiger partial charge is 0.188 e. The van der Waals surface area contributed by atoms with Crippen LogP contribution in [-0.2, 0) is 6.42 Å². The van der Waals surface area contributed by atoms with E-state index in [1.54, 1.807) is 13.0 Å². The van der Waals surface area contributed by atoms with Gasteiger partial charge in [0.1, 0.15) is 23.1 Å². The molecule has 4 nitrogen and oxygen atoms in total. The zero-order chi connectivity index (χ0) is 16.4. The van der Waals surface area contributed by atoms with E-state index in [2.05, 4.69) is 10.4 Å². The van der Waals surface area contributed by atoms with Gasteiger partial charge < -0.3 is 5.32 Å². The van der Waals surface area contributed by atoms with E-state index < -0.39 is 34.5 Å². The minimum atomic E-state index is -1.55. The van der Waals surface area contributed by atoms with Gasteiger partial charge in [-0.3, -0.25) is 0 Å². The Hall–Kier alpha value is -2.56. The molecule has 116 valence electrons. The van der Waals surface area contributed by atoms with Gasteiger partial charge in [-0.1, -0.05) is 6.92 Å². The van der Waals surface area contributed by atoms with Gasteiger partial charge in [-0.15, -0.1) is 0 Å². The van der Waals surface area contributed by atoms with Crippen LogP contribution in [0.5, 0.6) is 0 Å². The molecule has 22 heavy (non-hydrogen) atoms. The van der Waals surface area contributed by atoms with Crippen LogP contribution in [0.3, 0.4) is 0 Å². The van der Waals surface area contributed by atoms with Gasteiger partial charge in [0.15, 0.2) is 23.3 Å². The van der Waals surface area contributed by atoms with Crippen molar-refractivity contribution in [3.05, 3.63) is 40.6 Å². The number of nitrogens with one attached hydrogen (secondary N) is 1. The largest absolute Gasteiger partial charge is 0.369 e. The number of anilines is 1. The molecule has 2 rings (SSSR count). The quantitative estimate of drug-likeness (QED) is 0.696. The Balaban J connectivity index is 2.80. The molecule has 1 aromatic carbocycles. The first-order valence-electron chi connectivity index (χ1n) is 6.54. The van der Waals surface area contributed by atoms with Crippen LogP contribution >= 0.6 is 0 Å². The van der Waals surface area contributed by atoms with Crippen LogP contribution in [0.25, 0.3) is 5.69 Å². The van der Waals surface area contributed by atoms with E-state index in [-0.39, 0.29) is 17.8 Å². The molecule has 0 aliphatic rings. The molecule has 2 aromatic rings. The van der Waals surface area contributed by atoms with Crippen LogP contribution in [0.15, 0.2) is 6.20 Å². The second-order valence-electron chi connectivity index (χ2n) is 4.40. The highest BCUT2D eigenvalue weighted by molar-refractivity contribution is 5.57.